The van der Waals surface area contributed by atoms with Crippen LogP contribution >= 0.6 is 11.6 Å². The SMILES string of the molecule is NCCCNCc1ccc(-c2cnc(NC(=O)Nc3ccc(OC(F)F)cc3)[nH]c2=O)cc1Cl. The van der Waals surface area contributed by atoms with Gasteiger partial charge in [0.25, 0.3) is 5.56 Å². The van der Waals surface area contributed by atoms with Crippen molar-refractivity contribution in [2.75, 3.05) is 23.7 Å². The van der Waals surface area contributed by atoms with Gasteiger partial charge in [-0.15, -0.1) is 0 Å². The van der Waals surface area contributed by atoms with Crippen molar-refractivity contribution in [3.05, 3.63) is 69.6 Å². The number of nitrogens with zero attached hydrogens (tertiary/aromatic N) is 1. The summed E-state index contributed by atoms with van der Waals surface area (Å²) in [4.78, 5) is 31.3. The molecule has 0 unspecified atom stereocenters. The Bertz CT molecular complexity index is 1170. The fourth-order valence-electron chi connectivity index (χ4n) is 2.96. The van der Waals surface area contributed by atoms with Crippen LogP contribution in [0.1, 0.15) is 12.0 Å². The molecule has 0 aliphatic rings. The van der Waals surface area contributed by atoms with Gasteiger partial charge in [-0.25, -0.2) is 9.78 Å². The normalized spacial score (nSPS) is 10.9. The van der Waals surface area contributed by atoms with E-state index >= 15 is 0 Å². The number of rotatable bonds is 10. The summed E-state index contributed by atoms with van der Waals surface area (Å²) in [7, 11) is 0. The summed E-state index contributed by atoms with van der Waals surface area (Å²) >= 11 is 6.35. The fraction of sp³-hybridized carbons (Fsp3) is 0.227. The van der Waals surface area contributed by atoms with Gasteiger partial charge in [0.1, 0.15) is 5.75 Å². The molecular formula is C22H23ClF2N6O3. The van der Waals surface area contributed by atoms with Gasteiger partial charge in [0.15, 0.2) is 0 Å². The van der Waals surface area contributed by atoms with Gasteiger partial charge in [0.05, 0.1) is 5.56 Å². The number of halogens is 3. The Labute approximate surface area is 198 Å². The average Bonchev–Trinajstić information content (AvgIpc) is 2.78. The third-order valence-electron chi connectivity index (χ3n) is 4.61. The lowest BCUT2D eigenvalue weighted by Gasteiger charge is -2.10. The van der Waals surface area contributed by atoms with Crippen LogP contribution in [0.15, 0.2) is 53.5 Å². The van der Waals surface area contributed by atoms with Gasteiger partial charge in [-0.2, -0.15) is 8.78 Å². The molecule has 0 aliphatic heterocycles. The van der Waals surface area contributed by atoms with Crippen LogP contribution in [0, 0.1) is 0 Å². The van der Waals surface area contributed by atoms with E-state index in [1.165, 1.54) is 30.5 Å². The van der Waals surface area contributed by atoms with Crippen molar-refractivity contribution < 1.29 is 18.3 Å². The first-order valence-corrected chi connectivity index (χ1v) is 10.7. The van der Waals surface area contributed by atoms with Crippen LogP contribution in [-0.2, 0) is 6.54 Å². The third-order valence-corrected chi connectivity index (χ3v) is 4.96. The molecule has 0 radical (unpaired) electrons. The number of urea groups is 1. The van der Waals surface area contributed by atoms with Gasteiger partial charge in [-0.3, -0.25) is 15.1 Å². The smallest absolute Gasteiger partial charge is 0.387 e. The number of anilines is 2. The van der Waals surface area contributed by atoms with E-state index in [0.29, 0.717) is 29.4 Å². The lowest BCUT2D eigenvalue weighted by molar-refractivity contribution is -0.0498. The molecule has 0 fully saturated rings. The summed E-state index contributed by atoms with van der Waals surface area (Å²) in [5.41, 5.74) is 7.07. The summed E-state index contributed by atoms with van der Waals surface area (Å²) in [6.45, 7) is -0.981. The molecule has 2 aromatic carbocycles. The monoisotopic (exact) mass is 492 g/mol. The van der Waals surface area contributed by atoms with Crippen LogP contribution in [0.3, 0.4) is 0 Å². The molecule has 3 aromatic rings. The number of ether oxygens (including phenoxy) is 1. The number of H-pyrrole nitrogens is 1. The van der Waals surface area contributed by atoms with Crippen molar-refractivity contribution in [2.24, 2.45) is 5.73 Å². The Morgan fingerprint density at radius 3 is 2.59 bits per heavy atom. The van der Waals surface area contributed by atoms with Gasteiger partial charge in [-0.05, 0) is 61.0 Å². The zero-order valence-corrected chi connectivity index (χ0v) is 18.7. The molecule has 2 amide bonds. The van der Waals surface area contributed by atoms with E-state index in [-0.39, 0.29) is 17.3 Å². The molecule has 12 heteroatoms. The maximum atomic E-state index is 12.5. The molecule has 34 heavy (non-hydrogen) atoms. The van der Waals surface area contributed by atoms with Gasteiger partial charge in [0.2, 0.25) is 5.95 Å². The number of aromatic nitrogens is 2. The Morgan fingerprint density at radius 2 is 1.94 bits per heavy atom. The van der Waals surface area contributed by atoms with E-state index < -0.39 is 18.2 Å². The van der Waals surface area contributed by atoms with E-state index in [2.05, 4.69) is 30.7 Å². The molecule has 0 aliphatic carbocycles. The Morgan fingerprint density at radius 1 is 1.18 bits per heavy atom. The second kappa shape index (κ2) is 12.1. The van der Waals surface area contributed by atoms with Crippen molar-refractivity contribution >= 4 is 29.3 Å². The van der Waals surface area contributed by atoms with Crippen molar-refractivity contribution in [3.63, 3.8) is 0 Å². The van der Waals surface area contributed by atoms with E-state index in [0.717, 1.165) is 18.5 Å². The summed E-state index contributed by atoms with van der Waals surface area (Å²) in [5.74, 6) is -0.116. The fourth-order valence-corrected chi connectivity index (χ4v) is 3.21. The van der Waals surface area contributed by atoms with Gasteiger partial charge < -0.3 is 21.1 Å². The second-order valence-corrected chi connectivity index (χ2v) is 7.49. The van der Waals surface area contributed by atoms with Crippen molar-refractivity contribution in [3.8, 4) is 16.9 Å². The summed E-state index contributed by atoms with van der Waals surface area (Å²) in [5, 5.41) is 8.63. The molecular weight excluding hydrogens is 470 g/mol. The number of alkyl halides is 2. The summed E-state index contributed by atoms with van der Waals surface area (Å²) < 4.78 is 28.6. The van der Waals surface area contributed by atoms with Crippen LogP contribution in [0.25, 0.3) is 11.1 Å². The number of carbonyl (C=O) groups excluding carboxylic acids is 1. The van der Waals surface area contributed by atoms with E-state index in [1.54, 1.807) is 12.1 Å². The number of amides is 2. The lowest BCUT2D eigenvalue weighted by atomic mass is 10.1. The van der Waals surface area contributed by atoms with Crippen LogP contribution in [-0.4, -0.2) is 35.7 Å². The maximum absolute atomic E-state index is 12.5. The first kappa shape index (κ1) is 25.1. The highest BCUT2D eigenvalue weighted by atomic mass is 35.5. The highest BCUT2D eigenvalue weighted by molar-refractivity contribution is 6.31. The van der Waals surface area contributed by atoms with Crippen LogP contribution in [0.2, 0.25) is 5.02 Å². The number of nitrogens with two attached hydrogens (primary N) is 1. The van der Waals surface area contributed by atoms with Gasteiger partial charge in [0, 0.05) is 23.5 Å². The molecule has 180 valence electrons. The predicted molar refractivity (Wildman–Crippen MR) is 126 cm³/mol. The van der Waals surface area contributed by atoms with E-state index in [9.17, 15) is 18.4 Å². The number of benzene rings is 2. The zero-order chi connectivity index (χ0) is 24.5. The molecule has 6 N–H and O–H groups in total. The molecule has 0 atom stereocenters. The predicted octanol–water partition coefficient (Wildman–Crippen LogP) is 3.77. The molecule has 0 spiro atoms. The van der Waals surface area contributed by atoms with Crippen molar-refractivity contribution in [2.45, 2.75) is 19.6 Å². The molecule has 0 saturated heterocycles. The Hall–Kier alpha value is -3.54. The number of nitrogens with one attached hydrogen (secondary N) is 4. The summed E-state index contributed by atoms with van der Waals surface area (Å²) in [6.07, 6.45) is 2.19. The molecule has 0 saturated carbocycles. The molecule has 9 nitrogen and oxygen atoms in total. The molecule has 1 aromatic heterocycles. The Kier molecular flexibility index (Phi) is 8.91. The van der Waals surface area contributed by atoms with Crippen LogP contribution in [0.5, 0.6) is 5.75 Å². The largest absolute Gasteiger partial charge is 0.435 e. The minimum atomic E-state index is -2.94. The number of hydrogen-bond acceptors (Lipinski definition) is 6. The number of hydrogen-bond donors (Lipinski definition) is 5. The van der Waals surface area contributed by atoms with Gasteiger partial charge in [-0.1, -0.05) is 23.7 Å². The quantitative estimate of drug-likeness (QED) is 0.273. The maximum Gasteiger partial charge on any atom is 0.387 e. The van der Waals surface area contributed by atoms with Crippen LogP contribution < -0.4 is 32.0 Å². The first-order chi connectivity index (χ1) is 16.4. The third kappa shape index (κ3) is 7.24. The van der Waals surface area contributed by atoms with Crippen LogP contribution in [0.4, 0.5) is 25.2 Å². The lowest BCUT2D eigenvalue weighted by Crippen LogP contribution is -2.23. The molecule has 0 bridgehead atoms. The van der Waals surface area contributed by atoms with Crippen molar-refractivity contribution in [1.82, 2.24) is 15.3 Å². The average molecular weight is 493 g/mol. The zero-order valence-electron chi connectivity index (χ0n) is 17.9. The Balaban J connectivity index is 1.62. The number of carbonyl (C=O) groups is 1. The van der Waals surface area contributed by atoms with E-state index in [4.69, 9.17) is 17.3 Å². The topological polar surface area (TPSA) is 134 Å². The minimum absolute atomic E-state index is 0.0430. The van der Waals surface area contributed by atoms with Crippen molar-refractivity contribution in [1.29, 1.82) is 0 Å². The molecule has 1 heterocycles. The number of aromatic amines is 1. The minimum Gasteiger partial charge on any atom is -0.435 e. The highest BCUT2D eigenvalue weighted by Crippen LogP contribution is 2.24. The second-order valence-electron chi connectivity index (χ2n) is 7.08. The summed E-state index contributed by atoms with van der Waals surface area (Å²) in [6, 6.07) is 9.91. The standard InChI is InChI=1S/C22H23ClF2N6O3/c23-18-10-13(2-3-14(18)11-27-9-1-8-26)17-12-28-21(30-19(17)32)31-22(33)29-15-4-6-16(7-5-15)34-20(24)25/h2-7,10,12,20,27H,1,8-9,11,26H2,(H3,28,29,30,31,32,33). The highest BCUT2D eigenvalue weighted by Gasteiger charge is 2.11. The van der Waals surface area contributed by atoms with Gasteiger partial charge >= 0.3 is 12.6 Å². The van der Waals surface area contributed by atoms with E-state index in [1.807, 2.05) is 6.07 Å². The molecule has 3 rings (SSSR count). The first-order valence-electron chi connectivity index (χ1n) is 10.3.